The normalized spacial score (nSPS) is 42.6. The van der Waals surface area contributed by atoms with Crippen molar-refractivity contribution in [3.8, 4) is 0 Å². The first-order chi connectivity index (χ1) is 8.56. The van der Waals surface area contributed by atoms with Gasteiger partial charge >= 0.3 is 0 Å². The van der Waals surface area contributed by atoms with Crippen LogP contribution in [0.15, 0.2) is 0 Å². The van der Waals surface area contributed by atoms with E-state index in [-0.39, 0.29) is 24.2 Å². The molecular weight excluding hydrogens is 228 g/mol. The topological polar surface area (TPSA) is 50.4 Å². The van der Waals surface area contributed by atoms with E-state index in [1.54, 1.807) is 0 Å². The Hall–Kier alpha value is -0.610. The number of rotatable bonds is 4. The lowest BCUT2D eigenvalue weighted by Crippen LogP contribution is -2.46. The van der Waals surface area contributed by atoms with Crippen molar-refractivity contribution in [3.05, 3.63) is 0 Å². The molecule has 3 rings (SSSR count). The molecule has 2 saturated carbocycles. The van der Waals surface area contributed by atoms with E-state index in [4.69, 9.17) is 4.74 Å². The third kappa shape index (κ3) is 1.95. The molecule has 1 amide bonds. The van der Waals surface area contributed by atoms with Gasteiger partial charge in [-0.25, -0.2) is 0 Å². The van der Waals surface area contributed by atoms with Gasteiger partial charge in [-0.2, -0.15) is 0 Å². The van der Waals surface area contributed by atoms with Crippen molar-refractivity contribution >= 4 is 5.91 Å². The van der Waals surface area contributed by atoms with Crippen LogP contribution in [0, 0.1) is 17.8 Å². The first kappa shape index (κ1) is 12.4. The summed E-state index contributed by atoms with van der Waals surface area (Å²) in [4.78, 5) is 11.9. The molecule has 2 aliphatic carbocycles. The molecule has 0 aromatic rings. The minimum absolute atomic E-state index is 0.0160. The lowest BCUT2D eigenvalue weighted by atomic mass is 9.88. The van der Waals surface area contributed by atoms with Gasteiger partial charge in [0.1, 0.15) is 6.10 Å². The number of hydrogen-bond donors (Lipinski definition) is 2. The minimum Gasteiger partial charge on any atom is -0.364 e. The van der Waals surface area contributed by atoms with Crippen LogP contribution < -0.4 is 10.6 Å². The van der Waals surface area contributed by atoms with Crippen LogP contribution in [0.5, 0.6) is 0 Å². The molecule has 3 aliphatic rings. The van der Waals surface area contributed by atoms with Gasteiger partial charge < -0.3 is 15.4 Å². The highest BCUT2D eigenvalue weighted by Gasteiger charge is 2.56. The molecule has 4 heteroatoms. The summed E-state index contributed by atoms with van der Waals surface area (Å²) in [6, 6.07) is 0.681. The Bertz CT molecular complexity index is 343. The molecule has 18 heavy (non-hydrogen) atoms. The van der Waals surface area contributed by atoms with Crippen LogP contribution >= 0.6 is 0 Å². The van der Waals surface area contributed by atoms with Crippen molar-refractivity contribution < 1.29 is 9.53 Å². The summed E-state index contributed by atoms with van der Waals surface area (Å²) < 4.78 is 6.06. The number of amides is 1. The lowest BCUT2D eigenvalue weighted by molar-refractivity contribution is -0.138. The molecule has 0 radical (unpaired) electrons. The molecule has 2 N–H and O–H groups in total. The first-order valence-corrected chi connectivity index (χ1v) is 7.25. The van der Waals surface area contributed by atoms with E-state index < -0.39 is 0 Å². The second-order valence-corrected chi connectivity index (χ2v) is 6.50. The smallest absolute Gasteiger partial charge is 0.249 e. The second kappa shape index (κ2) is 4.49. The molecule has 1 aliphatic heterocycles. The molecule has 0 aromatic heterocycles. The van der Waals surface area contributed by atoms with Crippen LogP contribution in [0.4, 0.5) is 0 Å². The summed E-state index contributed by atoms with van der Waals surface area (Å²) in [6.45, 7) is 6.98. The van der Waals surface area contributed by atoms with Gasteiger partial charge in [-0.1, -0.05) is 0 Å². The molecule has 6 atom stereocenters. The summed E-state index contributed by atoms with van der Waals surface area (Å²) in [7, 11) is 0. The van der Waals surface area contributed by atoms with Gasteiger partial charge in [0.2, 0.25) is 5.91 Å². The lowest BCUT2D eigenvalue weighted by Gasteiger charge is -2.30. The van der Waals surface area contributed by atoms with Gasteiger partial charge in [0.05, 0.1) is 6.10 Å². The maximum atomic E-state index is 11.9. The minimum atomic E-state index is -0.336. The van der Waals surface area contributed by atoms with Crippen molar-refractivity contribution in [2.45, 2.75) is 57.9 Å². The van der Waals surface area contributed by atoms with E-state index >= 15 is 0 Å². The van der Waals surface area contributed by atoms with Crippen molar-refractivity contribution in [3.63, 3.8) is 0 Å². The molecular formula is C14H24N2O2. The van der Waals surface area contributed by atoms with E-state index in [2.05, 4.69) is 10.6 Å². The van der Waals surface area contributed by atoms with E-state index in [1.807, 2.05) is 20.8 Å². The Morgan fingerprint density at radius 2 is 2.06 bits per heavy atom. The fourth-order valence-corrected chi connectivity index (χ4v) is 4.13. The fourth-order valence-electron chi connectivity index (χ4n) is 4.13. The molecule has 1 saturated heterocycles. The Labute approximate surface area is 109 Å². The summed E-state index contributed by atoms with van der Waals surface area (Å²) in [6.07, 6.45) is 2.50. The van der Waals surface area contributed by atoms with E-state index in [0.717, 1.165) is 18.4 Å². The number of ether oxygens (including phenoxy) is 1. The Kier molecular flexibility index (Phi) is 3.10. The zero-order valence-corrected chi connectivity index (χ0v) is 11.5. The molecule has 0 spiro atoms. The number of carbonyl (C=O) groups excluding carboxylic acids is 1. The third-order valence-corrected chi connectivity index (χ3v) is 4.84. The molecule has 2 bridgehead atoms. The summed E-state index contributed by atoms with van der Waals surface area (Å²) in [5.41, 5.74) is 0. The molecule has 6 unspecified atom stereocenters. The zero-order chi connectivity index (χ0) is 12.9. The Balaban J connectivity index is 1.59. The molecule has 0 aromatic carbocycles. The van der Waals surface area contributed by atoms with E-state index in [1.165, 1.54) is 12.8 Å². The third-order valence-electron chi connectivity index (χ3n) is 4.84. The van der Waals surface area contributed by atoms with Crippen LogP contribution in [-0.2, 0) is 9.53 Å². The van der Waals surface area contributed by atoms with Gasteiger partial charge in [0, 0.05) is 12.1 Å². The van der Waals surface area contributed by atoms with E-state index in [9.17, 15) is 4.79 Å². The standard InChI is InChI=1S/C14H24N2O2/c1-7(2)16-14(17)8(3)18-13-9-4-10-6-15-12(13)11(10)5-9/h7-13,15H,4-6H2,1-3H3,(H,16,17). The fraction of sp³-hybridized carbons (Fsp3) is 0.929. The number of carbonyl (C=O) groups is 1. The van der Waals surface area contributed by atoms with Gasteiger partial charge in [-0.15, -0.1) is 0 Å². The molecule has 3 fully saturated rings. The van der Waals surface area contributed by atoms with Crippen LogP contribution in [0.2, 0.25) is 0 Å². The van der Waals surface area contributed by atoms with Crippen LogP contribution in [0.25, 0.3) is 0 Å². The maximum Gasteiger partial charge on any atom is 0.249 e. The van der Waals surface area contributed by atoms with Crippen LogP contribution in [-0.4, -0.2) is 36.7 Å². The van der Waals surface area contributed by atoms with Crippen molar-refractivity contribution in [1.29, 1.82) is 0 Å². The predicted molar refractivity (Wildman–Crippen MR) is 69.1 cm³/mol. The number of fused-ring (bicyclic) bond motifs is 1. The molecule has 102 valence electrons. The quantitative estimate of drug-likeness (QED) is 0.782. The van der Waals surface area contributed by atoms with Gasteiger partial charge in [0.15, 0.2) is 0 Å². The first-order valence-electron chi connectivity index (χ1n) is 7.25. The zero-order valence-electron chi connectivity index (χ0n) is 11.5. The highest BCUT2D eigenvalue weighted by atomic mass is 16.5. The average molecular weight is 252 g/mol. The number of nitrogens with one attached hydrogen (secondary N) is 2. The largest absolute Gasteiger partial charge is 0.364 e. The van der Waals surface area contributed by atoms with Gasteiger partial charge in [-0.05, 0) is 57.9 Å². The molecule has 4 nitrogen and oxygen atoms in total. The Morgan fingerprint density at radius 1 is 1.28 bits per heavy atom. The van der Waals surface area contributed by atoms with Gasteiger partial charge in [0.25, 0.3) is 0 Å². The second-order valence-electron chi connectivity index (χ2n) is 6.50. The van der Waals surface area contributed by atoms with Crippen molar-refractivity contribution in [1.82, 2.24) is 10.6 Å². The van der Waals surface area contributed by atoms with Crippen LogP contribution in [0.3, 0.4) is 0 Å². The van der Waals surface area contributed by atoms with Gasteiger partial charge in [-0.3, -0.25) is 4.79 Å². The predicted octanol–water partition coefficient (Wildman–Crippen LogP) is 0.912. The molecule has 1 heterocycles. The summed E-state index contributed by atoms with van der Waals surface area (Å²) in [5.74, 6) is 2.37. The number of hydrogen-bond acceptors (Lipinski definition) is 3. The van der Waals surface area contributed by atoms with Crippen LogP contribution in [0.1, 0.15) is 33.6 Å². The average Bonchev–Trinajstić information content (AvgIpc) is 2.88. The highest BCUT2D eigenvalue weighted by molar-refractivity contribution is 5.80. The van der Waals surface area contributed by atoms with E-state index in [0.29, 0.717) is 12.0 Å². The summed E-state index contributed by atoms with van der Waals surface area (Å²) >= 11 is 0. The summed E-state index contributed by atoms with van der Waals surface area (Å²) in [5, 5.41) is 6.51. The maximum absolute atomic E-state index is 11.9. The monoisotopic (exact) mass is 252 g/mol. The van der Waals surface area contributed by atoms with Crippen molar-refractivity contribution in [2.75, 3.05) is 6.54 Å². The van der Waals surface area contributed by atoms with Crippen molar-refractivity contribution in [2.24, 2.45) is 17.8 Å². The SMILES string of the molecule is CC(C)NC(=O)C(C)OC1C2CC3CNC1C3C2. The Morgan fingerprint density at radius 3 is 2.78 bits per heavy atom. The highest BCUT2D eigenvalue weighted by Crippen LogP contribution is 2.52.